The van der Waals surface area contributed by atoms with Crippen LogP contribution in [0.4, 0.5) is 0 Å². The zero-order chi connectivity index (χ0) is 26.3. The van der Waals surface area contributed by atoms with E-state index >= 15 is 0 Å². The molecule has 0 radical (unpaired) electrons. The average Bonchev–Trinajstić information content (AvgIpc) is 2.77. The maximum atomic E-state index is 6.15. The predicted molar refractivity (Wildman–Crippen MR) is 156 cm³/mol. The molecule has 0 N–H and O–H groups in total. The fraction of sp³-hybridized carbons (Fsp3) is 0.464. The average molecular weight is 522 g/mol. The topological polar surface area (TPSA) is 49.3 Å². The van der Waals surface area contributed by atoms with E-state index in [4.69, 9.17) is 17.8 Å². The SMILES string of the molecule is C=C(/N=C/c1cc(C)ccc1Oc1ccc(OCCOS(C)(C)C(C)(C)C)cc1)OS(C)(C)CC. The van der Waals surface area contributed by atoms with E-state index in [1.165, 1.54) is 0 Å². The quantitative estimate of drug-likeness (QED) is 0.162. The van der Waals surface area contributed by atoms with Gasteiger partial charge in [0.2, 0.25) is 5.88 Å². The van der Waals surface area contributed by atoms with E-state index in [2.05, 4.69) is 64.3 Å². The third-order valence-corrected chi connectivity index (χ3v) is 11.5. The molecule has 0 fully saturated rings. The highest BCUT2D eigenvalue weighted by atomic mass is 32.3. The lowest BCUT2D eigenvalue weighted by molar-refractivity contribution is 0.230. The van der Waals surface area contributed by atoms with Gasteiger partial charge in [0.1, 0.15) is 23.9 Å². The number of nitrogens with zero attached hydrogens (tertiary/aromatic N) is 1. The van der Waals surface area contributed by atoms with Crippen LogP contribution in [0.3, 0.4) is 0 Å². The molecule has 2 aromatic carbocycles. The molecule has 2 aromatic rings. The van der Waals surface area contributed by atoms with Crippen LogP contribution in [0, 0.1) is 6.92 Å². The lowest BCUT2D eigenvalue weighted by Crippen LogP contribution is -2.26. The highest BCUT2D eigenvalue weighted by Crippen LogP contribution is 2.53. The predicted octanol–water partition coefficient (Wildman–Crippen LogP) is 7.87. The Bertz CT molecular complexity index is 1010. The van der Waals surface area contributed by atoms with Gasteiger partial charge in [-0.25, -0.2) is 4.99 Å². The van der Waals surface area contributed by atoms with Gasteiger partial charge < -0.3 is 17.8 Å². The summed E-state index contributed by atoms with van der Waals surface area (Å²) in [6.07, 6.45) is 10.3. The molecule has 0 aliphatic carbocycles. The lowest BCUT2D eigenvalue weighted by atomic mass is 10.1. The monoisotopic (exact) mass is 521 g/mol. The van der Waals surface area contributed by atoms with Crippen molar-refractivity contribution in [2.24, 2.45) is 4.99 Å². The van der Waals surface area contributed by atoms with E-state index in [9.17, 15) is 0 Å². The summed E-state index contributed by atoms with van der Waals surface area (Å²) in [5.41, 5.74) is 1.98. The first-order valence-electron chi connectivity index (χ1n) is 11.7. The summed E-state index contributed by atoms with van der Waals surface area (Å²) in [4.78, 5) is 4.43. The van der Waals surface area contributed by atoms with Crippen molar-refractivity contribution in [2.45, 2.75) is 39.4 Å². The number of aryl methyl sites for hydroxylation is 1. The van der Waals surface area contributed by atoms with E-state index in [1.54, 1.807) is 6.21 Å². The number of hydrogen-bond acceptors (Lipinski definition) is 5. The molecule has 0 amide bonds. The minimum absolute atomic E-state index is 0.138. The van der Waals surface area contributed by atoms with Gasteiger partial charge in [-0.1, -0.05) is 49.6 Å². The van der Waals surface area contributed by atoms with Crippen molar-refractivity contribution in [3.8, 4) is 17.2 Å². The molecule has 2 rings (SSSR count). The standard InChI is InChI=1S/C28H43NO4S2/c1-11-34(7,8)33-23(3)29-21-24-20-22(2)12-17-27(24)32-26-15-13-25(14-16-26)30-18-19-31-35(9,10)28(4,5)6/h12-17,20-21H,3,11,18-19H2,1-2,4-10H3/b29-21+. The van der Waals surface area contributed by atoms with Crippen LogP contribution in [0.25, 0.3) is 0 Å². The second-order valence-corrected chi connectivity index (χ2v) is 17.6. The number of ether oxygens (including phenoxy) is 2. The lowest BCUT2D eigenvalue weighted by Gasteiger charge is -2.43. The Labute approximate surface area is 216 Å². The molecule has 0 saturated heterocycles. The van der Waals surface area contributed by atoms with Gasteiger partial charge in [0.25, 0.3) is 0 Å². The summed E-state index contributed by atoms with van der Waals surface area (Å²) < 4.78 is 24.2. The zero-order valence-corrected chi connectivity index (χ0v) is 24.5. The Morgan fingerprint density at radius 3 is 2.20 bits per heavy atom. The zero-order valence-electron chi connectivity index (χ0n) is 22.8. The van der Waals surface area contributed by atoms with Crippen LogP contribution in [0.5, 0.6) is 17.2 Å². The van der Waals surface area contributed by atoms with Crippen molar-refractivity contribution in [3.63, 3.8) is 0 Å². The molecule has 35 heavy (non-hydrogen) atoms. The summed E-state index contributed by atoms with van der Waals surface area (Å²) in [5.74, 6) is 3.57. The Morgan fingerprint density at radius 1 is 0.971 bits per heavy atom. The molecule has 0 aromatic heterocycles. The molecular weight excluding hydrogens is 478 g/mol. The molecule has 7 heteroatoms. The van der Waals surface area contributed by atoms with E-state index in [1.807, 2.05) is 49.4 Å². The molecular formula is C28H43NO4S2. The molecule has 0 heterocycles. The van der Waals surface area contributed by atoms with Crippen LogP contribution < -0.4 is 9.47 Å². The van der Waals surface area contributed by atoms with E-state index in [0.717, 1.165) is 28.4 Å². The first kappa shape index (κ1) is 29.1. The van der Waals surface area contributed by atoms with Gasteiger partial charge in [0.15, 0.2) is 0 Å². The van der Waals surface area contributed by atoms with Crippen molar-refractivity contribution in [3.05, 3.63) is 66.1 Å². The molecule has 0 aliphatic rings. The van der Waals surface area contributed by atoms with Crippen molar-refractivity contribution in [2.75, 3.05) is 44.0 Å². The molecule has 196 valence electrons. The van der Waals surface area contributed by atoms with Gasteiger partial charge in [0.05, 0.1) is 6.61 Å². The Hall–Kier alpha value is -2.09. The highest BCUT2D eigenvalue weighted by molar-refractivity contribution is 8.29. The minimum Gasteiger partial charge on any atom is -0.491 e. The van der Waals surface area contributed by atoms with Crippen LogP contribution >= 0.6 is 20.6 Å². The van der Waals surface area contributed by atoms with Crippen LogP contribution in [0.1, 0.15) is 38.8 Å². The van der Waals surface area contributed by atoms with Gasteiger partial charge in [-0.2, -0.15) is 0 Å². The molecule has 0 saturated carbocycles. The summed E-state index contributed by atoms with van der Waals surface area (Å²) >= 11 is 0. The van der Waals surface area contributed by atoms with Crippen LogP contribution in [-0.4, -0.2) is 55.0 Å². The maximum absolute atomic E-state index is 6.15. The van der Waals surface area contributed by atoms with E-state index < -0.39 is 20.6 Å². The molecule has 0 spiro atoms. The number of aliphatic imine (C=N–C) groups is 1. The molecule has 5 nitrogen and oxygen atoms in total. The van der Waals surface area contributed by atoms with Gasteiger partial charge in [-0.05, 0) is 74.9 Å². The van der Waals surface area contributed by atoms with Crippen molar-refractivity contribution in [1.82, 2.24) is 0 Å². The van der Waals surface area contributed by atoms with Crippen molar-refractivity contribution in [1.29, 1.82) is 0 Å². The number of hydrogen-bond donors (Lipinski definition) is 0. The summed E-state index contributed by atoms with van der Waals surface area (Å²) in [6, 6.07) is 13.6. The van der Waals surface area contributed by atoms with Gasteiger partial charge >= 0.3 is 0 Å². The highest BCUT2D eigenvalue weighted by Gasteiger charge is 2.28. The third kappa shape index (κ3) is 9.47. The number of benzene rings is 2. The molecule has 0 bridgehead atoms. The van der Waals surface area contributed by atoms with E-state index in [-0.39, 0.29) is 4.75 Å². The summed E-state index contributed by atoms with van der Waals surface area (Å²) in [6.45, 7) is 15.8. The second-order valence-electron chi connectivity index (χ2n) is 10.1. The summed E-state index contributed by atoms with van der Waals surface area (Å²) in [7, 11) is -2.32. The number of rotatable bonds is 12. The Kier molecular flexibility index (Phi) is 10.2. The fourth-order valence-electron chi connectivity index (χ4n) is 2.65. The van der Waals surface area contributed by atoms with Crippen LogP contribution in [-0.2, 0) is 8.37 Å². The normalized spacial score (nSPS) is 13.5. The minimum atomic E-state index is -1.18. The first-order valence-corrected chi connectivity index (χ1v) is 16.7. The first-order chi connectivity index (χ1) is 16.2. The fourth-order valence-corrected chi connectivity index (χ4v) is 4.17. The van der Waals surface area contributed by atoms with Crippen molar-refractivity contribution < 1.29 is 17.8 Å². The Balaban J connectivity index is 1.99. The maximum Gasteiger partial charge on any atom is 0.217 e. The van der Waals surface area contributed by atoms with Crippen LogP contribution in [0.15, 0.2) is 59.9 Å². The van der Waals surface area contributed by atoms with E-state index in [0.29, 0.717) is 24.8 Å². The summed E-state index contributed by atoms with van der Waals surface area (Å²) in [5, 5.41) is 0. The second kappa shape index (κ2) is 12.2. The largest absolute Gasteiger partial charge is 0.491 e. The molecule has 0 aliphatic heterocycles. The van der Waals surface area contributed by atoms with Gasteiger partial charge in [-0.15, -0.1) is 10.3 Å². The Morgan fingerprint density at radius 2 is 1.60 bits per heavy atom. The van der Waals surface area contributed by atoms with Crippen LogP contribution in [0.2, 0.25) is 0 Å². The van der Waals surface area contributed by atoms with Gasteiger partial charge in [0, 0.05) is 22.3 Å². The third-order valence-electron chi connectivity index (χ3n) is 5.79. The smallest absolute Gasteiger partial charge is 0.217 e. The van der Waals surface area contributed by atoms with Crippen molar-refractivity contribution >= 4 is 26.8 Å². The molecule has 0 atom stereocenters. The van der Waals surface area contributed by atoms with Gasteiger partial charge in [-0.3, -0.25) is 0 Å². The molecule has 0 unspecified atom stereocenters.